The van der Waals surface area contributed by atoms with Crippen molar-refractivity contribution in [3.05, 3.63) is 36.0 Å². The van der Waals surface area contributed by atoms with E-state index in [4.69, 9.17) is 20.2 Å². The third-order valence-electron chi connectivity index (χ3n) is 4.73. The van der Waals surface area contributed by atoms with Crippen LogP contribution in [0.2, 0.25) is 0 Å². The van der Waals surface area contributed by atoms with Crippen LogP contribution in [0, 0.1) is 0 Å². The van der Waals surface area contributed by atoms with Gasteiger partial charge in [0.1, 0.15) is 11.5 Å². The van der Waals surface area contributed by atoms with Gasteiger partial charge in [0.25, 0.3) is 0 Å². The number of ether oxygens (including phenoxy) is 2. The number of rotatable bonds is 4. The molecular formula is C18H21Cl2N7O3. The molecule has 3 aromatic rings. The number of nitrogens with one attached hydrogen (secondary N) is 1. The number of hydrogen-bond acceptors (Lipinski definition) is 7. The van der Waals surface area contributed by atoms with Gasteiger partial charge in [0, 0.05) is 38.3 Å². The van der Waals surface area contributed by atoms with E-state index >= 15 is 0 Å². The van der Waals surface area contributed by atoms with Gasteiger partial charge in [0.15, 0.2) is 23.1 Å². The first-order valence-electron chi connectivity index (χ1n) is 9.09. The van der Waals surface area contributed by atoms with Crippen LogP contribution in [0.5, 0.6) is 11.5 Å². The summed E-state index contributed by atoms with van der Waals surface area (Å²) in [7, 11) is 0. The molecule has 2 aliphatic heterocycles. The highest BCUT2D eigenvalue weighted by Crippen LogP contribution is 2.34. The van der Waals surface area contributed by atoms with Gasteiger partial charge in [0.2, 0.25) is 12.7 Å². The standard InChI is InChI=1S/C18H19N7O3.2ClH/c19-15(26)8-16-22-18(12-9-24-6-5-20-4-3-17(24)21-12)25(23-16)11-1-2-13-14(7-11)28-10-27-13;;/h1-2,7,9,20H,3-6,8,10H2,(H2,19,26);2*1H. The van der Waals surface area contributed by atoms with E-state index in [9.17, 15) is 4.79 Å². The molecule has 0 bridgehead atoms. The highest BCUT2D eigenvalue weighted by Gasteiger charge is 2.22. The normalized spacial score (nSPS) is 14.3. The zero-order valence-electron chi connectivity index (χ0n) is 15.9. The van der Waals surface area contributed by atoms with E-state index < -0.39 is 5.91 Å². The lowest BCUT2D eigenvalue weighted by molar-refractivity contribution is -0.117. The summed E-state index contributed by atoms with van der Waals surface area (Å²) in [5, 5.41) is 7.85. The van der Waals surface area contributed by atoms with E-state index in [1.807, 2.05) is 24.4 Å². The summed E-state index contributed by atoms with van der Waals surface area (Å²) >= 11 is 0. The van der Waals surface area contributed by atoms with Crippen LogP contribution in [0.3, 0.4) is 0 Å². The van der Waals surface area contributed by atoms with E-state index in [-0.39, 0.29) is 38.0 Å². The van der Waals surface area contributed by atoms with Crippen LogP contribution >= 0.6 is 24.8 Å². The van der Waals surface area contributed by atoms with E-state index in [1.54, 1.807) is 4.68 Å². The monoisotopic (exact) mass is 453 g/mol. The summed E-state index contributed by atoms with van der Waals surface area (Å²) < 4.78 is 14.6. The van der Waals surface area contributed by atoms with Crippen LogP contribution in [0.1, 0.15) is 11.6 Å². The largest absolute Gasteiger partial charge is 0.454 e. The topological polar surface area (TPSA) is 122 Å². The van der Waals surface area contributed by atoms with Crippen molar-refractivity contribution < 1.29 is 14.3 Å². The molecule has 10 nitrogen and oxygen atoms in total. The van der Waals surface area contributed by atoms with Crippen LogP contribution in [0.25, 0.3) is 17.2 Å². The van der Waals surface area contributed by atoms with Crippen molar-refractivity contribution in [3.8, 4) is 28.7 Å². The fourth-order valence-corrected chi connectivity index (χ4v) is 3.43. The van der Waals surface area contributed by atoms with Gasteiger partial charge in [-0.25, -0.2) is 14.6 Å². The first kappa shape index (κ1) is 21.9. The Morgan fingerprint density at radius 1 is 1.17 bits per heavy atom. The molecule has 2 aliphatic rings. The van der Waals surface area contributed by atoms with Crippen molar-refractivity contribution in [3.63, 3.8) is 0 Å². The summed E-state index contributed by atoms with van der Waals surface area (Å²) in [6.45, 7) is 2.81. The predicted octanol–water partition coefficient (Wildman–Crippen LogP) is 0.877. The first-order chi connectivity index (χ1) is 13.7. The number of aromatic nitrogens is 5. The highest BCUT2D eigenvalue weighted by atomic mass is 35.5. The van der Waals surface area contributed by atoms with Crippen molar-refractivity contribution in [1.29, 1.82) is 0 Å². The molecule has 0 atom stereocenters. The molecule has 4 heterocycles. The number of carbonyl (C=O) groups is 1. The van der Waals surface area contributed by atoms with Crippen LogP contribution < -0.4 is 20.5 Å². The van der Waals surface area contributed by atoms with Crippen LogP contribution in [0.4, 0.5) is 0 Å². The maximum absolute atomic E-state index is 11.4. The zero-order valence-corrected chi connectivity index (χ0v) is 17.5. The molecule has 0 fully saturated rings. The molecule has 12 heteroatoms. The van der Waals surface area contributed by atoms with Crippen LogP contribution in [-0.2, 0) is 24.2 Å². The Morgan fingerprint density at radius 3 is 2.83 bits per heavy atom. The molecular weight excluding hydrogens is 433 g/mol. The van der Waals surface area contributed by atoms with Crippen molar-refractivity contribution in [2.45, 2.75) is 19.4 Å². The number of halogens is 2. The Bertz CT molecular complexity index is 1040. The molecule has 0 radical (unpaired) electrons. The van der Waals surface area contributed by atoms with Gasteiger partial charge in [-0.2, -0.15) is 5.10 Å². The molecule has 160 valence electrons. The van der Waals surface area contributed by atoms with Gasteiger partial charge in [-0.3, -0.25) is 4.79 Å². The Morgan fingerprint density at radius 2 is 2.00 bits per heavy atom. The number of primary amides is 1. The molecule has 0 saturated carbocycles. The Kier molecular flexibility index (Phi) is 6.49. The molecule has 1 amide bonds. The Hall–Kier alpha value is -2.82. The minimum Gasteiger partial charge on any atom is -0.454 e. The zero-order chi connectivity index (χ0) is 19.1. The number of amides is 1. The molecule has 1 aromatic carbocycles. The minimum absolute atomic E-state index is 0. The molecule has 2 aromatic heterocycles. The lowest BCUT2D eigenvalue weighted by Crippen LogP contribution is -2.17. The van der Waals surface area contributed by atoms with Crippen molar-refractivity contribution >= 4 is 30.7 Å². The van der Waals surface area contributed by atoms with E-state index in [2.05, 4.69) is 20.0 Å². The van der Waals surface area contributed by atoms with Gasteiger partial charge in [0.05, 0.1) is 12.1 Å². The maximum Gasteiger partial charge on any atom is 0.231 e. The van der Waals surface area contributed by atoms with Crippen LogP contribution in [-0.4, -0.2) is 50.1 Å². The number of nitrogens with two attached hydrogens (primary N) is 1. The SMILES string of the molecule is Cl.Cl.NC(=O)Cc1nc(-c2cn3c(n2)CCNCC3)n(-c2ccc3c(c2)OCO3)n1. The second-order valence-electron chi connectivity index (χ2n) is 6.68. The summed E-state index contributed by atoms with van der Waals surface area (Å²) in [4.78, 5) is 20.7. The van der Waals surface area contributed by atoms with Crippen molar-refractivity contribution in [2.75, 3.05) is 19.9 Å². The third-order valence-corrected chi connectivity index (χ3v) is 4.73. The predicted molar refractivity (Wildman–Crippen MR) is 113 cm³/mol. The Labute approximate surface area is 184 Å². The van der Waals surface area contributed by atoms with E-state index in [0.717, 1.165) is 37.6 Å². The number of imidazole rings is 1. The summed E-state index contributed by atoms with van der Waals surface area (Å²) in [6, 6.07) is 5.52. The van der Waals surface area contributed by atoms with E-state index in [1.165, 1.54) is 0 Å². The molecule has 0 unspecified atom stereocenters. The Balaban J connectivity index is 0.00000128. The first-order valence-corrected chi connectivity index (χ1v) is 9.09. The molecule has 0 spiro atoms. The van der Waals surface area contributed by atoms with Gasteiger partial charge in [-0.15, -0.1) is 24.8 Å². The summed E-state index contributed by atoms with van der Waals surface area (Å²) in [5.74, 6) is 2.75. The van der Waals surface area contributed by atoms with Crippen molar-refractivity contribution in [1.82, 2.24) is 29.6 Å². The lowest BCUT2D eigenvalue weighted by Gasteiger charge is -2.05. The fourth-order valence-electron chi connectivity index (χ4n) is 3.43. The van der Waals surface area contributed by atoms with Gasteiger partial charge < -0.3 is 25.1 Å². The van der Waals surface area contributed by atoms with Gasteiger partial charge >= 0.3 is 0 Å². The molecule has 0 saturated heterocycles. The third kappa shape index (κ3) is 4.07. The number of nitrogens with zero attached hydrogens (tertiary/aromatic N) is 5. The van der Waals surface area contributed by atoms with Gasteiger partial charge in [-0.1, -0.05) is 0 Å². The molecule has 5 rings (SSSR count). The average Bonchev–Trinajstić information content (AvgIpc) is 3.36. The number of carbonyl (C=O) groups excluding carboxylic acids is 1. The second-order valence-corrected chi connectivity index (χ2v) is 6.68. The molecule has 3 N–H and O–H groups in total. The highest BCUT2D eigenvalue weighted by molar-refractivity contribution is 5.85. The van der Waals surface area contributed by atoms with Crippen molar-refractivity contribution in [2.24, 2.45) is 5.73 Å². The minimum atomic E-state index is -0.485. The smallest absolute Gasteiger partial charge is 0.231 e. The summed E-state index contributed by atoms with van der Waals surface area (Å²) in [6.07, 6.45) is 2.78. The van der Waals surface area contributed by atoms with E-state index in [0.29, 0.717) is 28.8 Å². The summed E-state index contributed by atoms with van der Waals surface area (Å²) in [5.41, 5.74) is 6.79. The molecule has 30 heavy (non-hydrogen) atoms. The quantitative estimate of drug-likeness (QED) is 0.600. The number of hydrogen-bond donors (Lipinski definition) is 2. The second kappa shape index (κ2) is 8.90. The van der Waals surface area contributed by atoms with Gasteiger partial charge in [-0.05, 0) is 12.1 Å². The molecule has 0 aliphatic carbocycles. The number of fused-ring (bicyclic) bond motifs is 2. The maximum atomic E-state index is 11.4. The fraction of sp³-hybridized carbons (Fsp3) is 0.333. The average molecular weight is 454 g/mol. The van der Waals surface area contributed by atoms with Crippen LogP contribution in [0.15, 0.2) is 24.4 Å². The lowest BCUT2D eigenvalue weighted by atomic mass is 10.2. The number of benzene rings is 1.